The molecule has 0 fully saturated rings. The van der Waals surface area contributed by atoms with Crippen molar-refractivity contribution in [3.8, 4) is 0 Å². The highest BCUT2D eigenvalue weighted by Gasteiger charge is 2.09. The Bertz CT molecular complexity index is 420. The first-order valence-electron chi connectivity index (χ1n) is 7.97. The van der Waals surface area contributed by atoms with Gasteiger partial charge in [-0.1, -0.05) is 51.2 Å². The maximum Gasteiger partial charge on any atom is 0.231 e. The van der Waals surface area contributed by atoms with Gasteiger partial charge in [-0.2, -0.15) is 0 Å². The molecule has 0 aliphatic heterocycles. The van der Waals surface area contributed by atoms with E-state index in [0.717, 1.165) is 30.8 Å². The molecule has 0 aromatic heterocycles. The number of carbonyl (C=O) groups excluding carboxylic acids is 1. The van der Waals surface area contributed by atoms with Crippen LogP contribution in [0, 0.1) is 0 Å². The molecule has 21 heavy (non-hydrogen) atoms. The van der Waals surface area contributed by atoms with Crippen LogP contribution in [0.4, 0.5) is 5.69 Å². The summed E-state index contributed by atoms with van der Waals surface area (Å²) in [6, 6.07) is 7.80. The molecular formula is C17H29N3O. The molecule has 0 aliphatic carbocycles. The van der Waals surface area contributed by atoms with E-state index in [1.54, 1.807) is 0 Å². The summed E-state index contributed by atoms with van der Waals surface area (Å²) in [6.45, 7) is 4.16. The van der Waals surface area contributed by atoms with Gasteiger partial charge in [-0.25, -0.2) is 0 Å². The molecule has 4 nitrogen and oxygen atoms in total. The van der Waals surface area contributed by atoms with E-state index in [4.69, 9.17) is 11.5 Å². The van der Waals surface area contributed by atoms with E-state index in [2.05, 4.69) is 11.8 Å². The highest BCUT2D eigenvalue weighted by Crippen LogP contribution is 2.11. The zero-order valence-electron chi connectivity index (χ0n) is 13.2. The van der Waals surface area contributed by atoms with Crippen molar-refractivity contribution in [2.24, 2.45) is 5.73 Å². The maximum atomic E-state index is 11.2. The molecule has 1 rings (SSSR count). The molecule has 0 saturated heterocycles. The lowest BCUT2D eigenvalue weighted by atomic mass is 10.1. The Morgan fingerprint density at radius 1 is 1.14 bits per heavy atom. The van der Waals surface area contributed by atoms with Crippen molar-refractivity contribution in [1.82, 2.24) is 4.90 Å². The van der Waals surface area contributed by atoms with Crippen LogP contribution in [-0.4, -0.2) is 23.9 Å². The van der Waals surface area contributed by atoms with Gasteiger partial charge >= 0.3 is 0 Å². The first-order valence-corrected chi connectivity index (χ1v) is 7.97. The minimum atomic E-state index is -0.273. The van der Waals surface area contributed by atoms with E-state index in [1.165, 1.54) is 32.1 Å². The van der Waals surface area contributed by atoms with Crippen LogP contribution < -0.4 is 11.5 Å². The van der Waals surface area contributed by atoms with Crippen LogP contribution in [0.3, 0.4) is 0 Å². The highest BCUT2D eigenvalue weighted by atomic mass is 16.1. The number of nitrogens with two attached hydrogens (primary N) is 2. The number of anilines is 1. The molecule has 118 valence electrons. The van der Waals surface area contributed by atoms with Gasteiger partial charge in [0, 0.05) is 12.2 Å². The van der Waals surface area contributed by atoms with E-state index in [-0.39, 0.29) is 5.91 Å². The van der Waals surface area contributed by atoms with Crippen molar-refractivity contribution in [3.63, 3.8) is 0 Å². The number of hydrogen-bond donors (Lipinski definition) is 2. The number of amides is 1. The third-order valence-corrected chi connectivity index (χ3v) is 3.56. The second kappa shape index (κ2) is 10.2. The van der Waals surface area contributed by atoms with Gasteiger partial charge in [0.1, 0.15) is 0 Å². The molecular weight excluding hydrogens is 262 g/mol. The molecule has 1 aromatic rings. The maximum absolute atomic E-state index is 11.2. The van der Waals surface area contributed by atoms with Crippen molar-refractivity contribution < 1.29 is 4.79 Å². The first-order chi connectivity index (χ1) is 10.1. The van der Waals surface area contributed by atoms with Gasteiger partial charge in [0.05, 0.1) is 6.54 Å². The van der Waals surface area contributed by atoms with E-state index >= 15 is 0 Å². The molecule has 0 saturated carbocycles. The van der Waals surface area contributed by atoms with Crippen LogP contribution in [0.2, 0.25) is 0 Å². The van der Waals surface area contributed by atoms with Gasteiger partial charge in [-0.05, 0) is 30.7 Å². The Kier molecular flexibility index (Phi) is 8.51. The van der Waals surface area contributed by atoms with Gasteiger partial charge in [0.15, 0.2) is 0 Å². The summed E-state index contributed by atoms with van der Waals surface area (Å²) >= 11 is 0. The predicted octanol–water partition coefficient (Wildman–Crippen LogP) is 2.92. The number of rotatable bonds is 11. The Morgan fingerprint density at radius 2 is 1.86 bits per heavy atom. The topological polar surface area (TPSA) is 72.3 Å². The van der Waals surface area contributed by atoms with E-state index in [9.17, 15) is 4.79 Å². The van der Waals surface area contributed by atoms with Crippen molar-refractivity contribution >= 4 is 11.6 Å². The number of nitrogens with zero attached hydrogens (tertiary/aromatic N) is 1. The van der Waals surface area contributed by atoms with Crippen LogP contribution in [0.15, 0.2) is 24.3 Å². The number of unbranched alkanes of at least 4 members (excludes halogenated alkanes) is 5. The number of carbonyl (C=O) groups is 1. The number of nitrogen functional groups attached to an aromatic ring is 1. The summed E-state index contributed by atoms with van der Waals surface area (Å²) in [4.78, 5) is 13.3. The molecule has 4 N–H and O–H groups in total. The summed E-state index contributed by atoms with van der Waals surface area (Å²) in [6.07, 6.45) is 7.49. The van der Waals surface area contributed by atoms with Crippen molar-refractivity contribution in [2.75, 3.05) is 18.8 Å². The molecule has 0 atom stereocenters. The SMILES string of the molecule is CCCCCCCCN(CC(N)=O)Cc1cccc(N)c1. The molecule has 4 heteroatoms. The average Bonchev–Trinajstić information content (AvgIpc) is 2.42. The van der Waals surface area contributed by atoms with Gasteiger partial charge in [0.25, 0.3) is 0 Å². The van der Waals surface area contributed by atoms with E-state index in [0.29, 0.717) is 6.54 Å². The minimum absolute atomic E-state index is 0.273. The quantitative estimate of drug-likeness (QED) is 0.486. The van der Waals surface area contributed by atoms with Crippen LogP contribution in [0.25, 0.3) is 0 Å². The van der Waals surface area contributed by atoms with Crippen molar-refractivity contribution in [1.29, 1.82) is 0 Å². The zero-order chi connectivity index (χ0) is 15.5. The van der Waals surface area contributed by atoms with Gasteiger partial charge in [-0.15, -0.1) is 0 Å². The van der Waals surface area contributed by atoms with Crippen LogP contribution >= 0.6 is 0 Å². The first kappa shape index (κ1) is 17.5. The normalized spacial score (nSPS) is 11.0. The second-order valence-electron chi connectivity index (χ2n) is 5.69. The fourth-order valence-electron chi connectivity index (χ4n) is 2.50. The van der Waals surface area contributed by atoms with Crippen molar-refractivity contribution in [3.05, 3.63) is 29.8 Å². The molecule has 1 amide bonds. The van der Waals surface area contributed by atoms with Gasteiger partial charge in [-0.3, -0.25) is 9.69 Å². The van der Waals surface area contributed by atoms with Crippen LogP contribution in [0.5, 0.6) is 0 Å². The van der Waals surface area contributed by atoms with Crippen LogP contribution in [-0.2, 0) is 11.3 Å². The lowest BCUT2D eigenvalue weighted by Crippen LogP contribution is -2.34. The van der Waals surface area contributed by atoms with E-state index < -0.39 is 0 Å². The Labute approximate surface area is 128 Å². The van der Waals surface area contributed by atoms with Crippen molar-refractivity contribution in [2.45, 2.75) is 52.0 Å². The summed E-state index contributed by atoms with van der Waals surface area (Å²) in [5.41, 5.74) is 13.0. The summed E-state index contributed by atoms with van der Waals surface area (Å²) < 4.78 is 0. The lowest BCUT2D eigenvalue weighted by Gasteiger charge is -2.21. The highest BCUT2D eigenvalue weighted by molar-refractivity contribution is 5.75. The largest absolute Gasteiger partial charge is 0.399 e. The Hall–Kier alpha value is -1.55. The lowest BCUT2D eigenvalue weighted by molar-refractivity contribution is -0.119. The Balaban J connectivity index is 2.39. The average molecular weight is 291 g/mol. The molecule has 0 spiro atoms. The molecule has 0 aliphatic rings. The zero-order valence-corrected chi connectivity index (χ0v) is 13.2. The van der Waals surface area contributed by atoms with Gasteiger partial charge < -0.3 is 11.5 Å². The smallest absolute Gasteiger partial charge is 0.231 e. The molecule has 0 heterocycles. The number of hydrogen-bond acceptors (Lipinski definition) is 3. The summed E-state index contributed by atoms with van der Waals surface area (Å²) in [7, 11) is 0. The summed E-state index contributed by atoms with van der Waals surface area (Å²) in [5.74, 6) is -0.273. The number of benzene rings is 1. The van der Waals surface area contributed by atoms with Crippen LogP contribution in [0.1, 0.15) is 51.0 Å². The predicted molar refractivity (Wildman–Crippen MR) is 88.7 cm³/mol. The standard InChI is InChI=1S/C17H29N3O/c1-2-3-4-5-6-7-11-20(14-17(19)21)13-15-9-8-10-16(18)12-15/h8-10,12H,2-7,11,13-14,18H2,1H3,(H2,19,21). The van der Waals surface area contributed by atoms with Gasteiger partial charge in [0.2, 0.25) is 5.91 Å². The monoisotopic (exact) mass is 291 g/mol. The molecule has 0 radical (unpaired) electrons. The Morgan fingerprint density at radius 3 is 2.52 bits per heavy atom. The molecule has 1 aromatic carbocycles. The molecule has 0 unspecified atom stereocenters. The third-order valence-electron chi connectivity index (χ3n) is 3.56. The summed E-state index contributed by atoms with van der Waals surface area (Å²) in [5, 5.41) is 0. The fraction of sp³-hybridized carbons (Fsp3) is 0.588. The second-order valence-corrected chi connectivity index (χ2v) is 5.69. The fourth-order valence-corrected chi connectivity index (χ4v) is 2.50. The third kappa shape index (κ3) is 8.35. The number of primary amides is 1. The van der Waals surface area contributed by atoms with E-state index in [1.807, 2.05) is 24.3 Å². The molecule has 0 bridgehead atoms. The minimum Gasteiger partial charge on any atom is -0.399 e.